The summed E-state index contributed by atoms with van der Waals surface area (Å²) in [7, 11) is -9.91. The third-order valence-corrected chi connectivity index (χ3v) is 20.6. The van der Waals surface area contributed by atoms with Gasteiger partial charge in [-0.1, -0.05) is 350 Å². The smallest absolute Gasteiger partial charge is 0.462 e. The quantitative estimate of drug-likeness (QED) is 0.0222. The van der Waals surface area contributed by atoms with E-state index < -0.39 is 97.5 Å². The number of hydrogen-bond acceptors (Lipinski definition) is 15. The van der Waals surface area contributed by atoms with E-state index in [1.807, 2.05) is 0 Å². The minimum Gasteiger partial charge on any atom is -0.462 e. The molecule has 0 heterocycles. The van der Waals surface area contributed by atoms with Crippen LogP contribution < -0.4 is 0 Å². The number of aliphatic hydroxyl groups excluding tert-OH is 1. The van der Waals surface area contributed by atoms with Gasteiger partial charge in [0.15, 0.2) is 12.2 Å². The van der Waals surface area contributed by atoms with Crippen LogP contribution in [0.4, 0.5) is 0 Å². The molecule has 0 saturated heterocycles. The molecule has 96 heavy (non-hydrogen) atoms. The van der Waals surface area contributed by atoms with Gasteiger partial charge in [-0.05, 0) is 37.5 Å². The number of phosphoric ester groups is 2. The third-order valence-electron chi connectivity index (χ3n) is 18.7. The molecule has 0 fully saturated rings. The topological polar surface area (TPSA) is 237 Å². The lowest BCUT2D eigenvalue weighted by Gasteiger charge is -2.21. The normalized spacial score (nSPS) is 14.6. The predicted molar refractivity (Wildman–Crippen MR) is 391 cm³/mol. The van der Waals surface area contributed by atoms with Crippen LogP contribution in [-0.2, 0) is 65.4 Å². The van der Waals surface area contributed by atoms with Gasteiger partial charge >= 0.3 is 39.5 Å². The second-order valence-corrected chi connectivity index (χ2v) is 31.1. The van der Waals surface area contributed by atoms with Gasteiger partial charge in [0, 0.05) is 25.7 Å². The lowest BCUT2D eigenvalue weighted by molar-refractivity contribution is -0.161. The Balaban J connectivity index is 5.18. The van der Waals surface area contributed by atoms with Crippen molar-refractivity contribution < 1.29 is 80.2 Å². The van der Waals surface area contributed by atoms with E-state index >= 15 is 0 Å². The van der Waals surface area contributed by atoms with Crippen LogP contribution in [-0.4, -0.2) is 96.7 Å². The summed E-state index contributed by atoms with van der Waals surface area (Å²) in [5.74, 6) is -0.513. The molecule has 0 rings (SSSR count). The van der Waals surface area contributed by atoms with E-state index in [2.05, 4.69) is 41.5 Å². The average Bonchev–Trinajstić information content (AvgIpc) is 2.11. The zero-order valence-electron chi connectivity index (χ0n) is 62.7. The second-order valence-electron chi connectivity index (χ2n) is 28.2. The molecule has 0 aliphatic heterocycles. The molecule has 0 amide bonds. The fourth-order valence-electron chi connectivity index (χ4n) is 11.8. The molecule has 0 spiro atoms. The Hall–Kier alpha value is -1.94. The van der Waals surface area contributed by atoms with Crippen molar-refractivity contribution in [2.45, 2.75) is 419 Å². The average molecular weight is 1410 g/mol. The van der Waals surface area contributed by atoms with Gasteiger partial charge in [-0.15, -0.1) is 0 Å². The van der Waals surface area contributed by atoms with Crippen molar-refractivity contribution in [2.24, 2.45) is 11.8 Å². The van der Waals surface area contributed by atoms with Crippen LogP contribution in [0.2, 0.25) is 0 Å². The summed E-state index contributed by atoms with van der Waals surface area (Å²) in [5, 5.41) is 10.6. The first-order valence-electron chi connectivity index (χ1n) is 40.1. The first kappa shape index (κ1) is 94.1. The SMILES string of the molecule is CCCCCCCCCCCCCCCC(=O)OC[C@H](COP(=O)(O)OC[C@@H](O)COP(=O)(O)OC[C@@H](COC(=O)CCCCCCCCC(C)CC)OC(=O)CCCCCCCCCCCCC)OC(=O)CCCCCCCCCCCCCCCCCCCCC(C)CC. The van der Waals surface area contributed by atoms with E-state index in [1.54, 1.807) is 0 Å². The van der Waals surface area contributed by atoms with Crippen LogP contribution in [0.25, 0.3) is 0 Å². The summed E-state index contributed by atoms with van der Waals surface area (Å²) in [5.41, 5.74) is 0. The first-order valence-corrected chi connectivity index (χ1v) is 43.1. The highest BCUT2D eigenvalue weighted by Gasteiger charge is 2.30. The second kappa shape index (κ2) is 68.8. The first-order chi connectivity index (χ1) is 46.4. The Bertz CT molecular complexity index is 1860. The fraction of sp³-hybridized carbons (Fsp3) is 0.948. The van der Waals surface area contributed by atoms with Gasteiger partial charge in [-0.25, -0.2) is 9.13 Å². The number of hydrogen-bond donors (Lipinski definition) is 3. The molecule has 4 unspecified atom stereocenters. The summed E-state index contributed by atoms with van der Waals surface area (Å²) >= 11 is 0. The number of unbranched alkanes of at least 4 members (excludes halogenated alkanes) is 44. The maximum absolute atomic E-state index is 13.1. The fourth-order valence-corrected chi connectivity index (χ4v) is 13.3. The van der Waals surface area contributed by atoms with Gasteiger partial charge in [0.05, 0.1) is 26.4 Å². The molecule has 7 atom stereocenters. The number of carbonyl (C=O) groups excluding carboxylic acids is 4. The molecular formula is C77H150O17P2. The molecule has 3 N–H and O–H groups in total. The molecule has 0 aromatic carbocycles. The standard InChI is InChI=1S/C77H150O17P2/c1-7-11-13-15-17-19-21-28-33-36-40-47-53-59-74(79)87-65-72(93-77(82)62-56-50-42-38-34-30-27-25-23-22-24-26-29-32-35-39-45-51-57-69(5)9-3)67-91-95(83,84)89-63-71(78)64-90-96(85,86)92-68-73(66-88-75(80)60-54-48-44-43-46-52-58-70(6)10-4)94-76(81)61-55-49-41-37-31-20-18-16-14-12-8-2/h69-73,78H,7-68H2,1-6H3,(H,83,84)(H,85,86)/t69?,70?,71-,72-,73-/m1/s1. The van der Waals surface area contributed by atoms with Crippen molar-refractivity contribution in [3.05, 3.63) is 0 Å². The van der Waals surface area contributed by atoms with Crippen molar-refractivity contribution in [3.8, 4) is 0 Å². The van der Waals surface area contributed by atoms with Crippen LogP contribution in [0, 0.1) is 11.8 Å². The molecule has 0 bridgehead atoms. The Morgan fingerprint density at radius 1 is 0.292 bits per heavy atom. The molecule has 0 aliphatic carbocycles. The summed E-state index contributed by atoms with van der Waals surface area (Å²) in [4.78, 5) is 72.8. The minimum atomic E-state index is -4.96. The summed E-state index contributed by atoms with van der Waals surface area (Å²) in [6.07, 6.45) is 56.9. The highest BCUT2D eigenvalue weighted by Crippen LogP contribution is 2.45. The van der Waals surface area contributed by atoms with Crippen LogP contribution in [0.1, 0.15) is 401 Å². The van der Waals surface area contributed by atoms with Gasteiger partial charge in [-0.3, -0.25) is 37.3 Å². The zero-order chi connectivity index (χ0) is 70.7. The maximum Gasteiger partial charge on any atom is 0.472 e. The number of phosphoric acid groups is 2. The lowest BCUT2D eigenvalue weighted by atomic mass is 9.99. The maximum atomic E-state index is 13.1. The predicted octanol–water partition coefficient (Wildman–Crippen LogP) is 22.7. The summed E-state index contributed by atoms with van der Waals surface area (Å²) in [6.45, 7) is 9.62. The number of esters is 4. The van der Waals surface area contributed by atoms with Crippen LogP contribution >= 0.6 is 15.6 Å². The number of rotatable bonds is 76. The van der Waals surface area contributed by atoms with Gasteiger partial charge in [-0.2, -0.15) is 0 Å². The van der Waals surface area contributed by atoms with Crippen molar-refractivity contribution in [1.82, 2.24) is 0 Å². The van der Waals surface area contributed by atoms with E-state index in [0.29, 0.717) is 25.7 Å². The monoisotopic (exact) mass is 1410 g/mol. The number of carbonyl (C=O) groups is 4. The summed E-state index contributed by atoms with van der Waals surface area (Å²) < 4.78 is 68.5. The van der Waals surface area contributed by atoms with E-state index in [-0.39, 0.29) is 25.7 Å². The Kier molecular flexibility index (Phi) is 67.4. The van der Waals surface area contributed by atoms with Crippen molar-refractivity contribution in [2.75, 3.05) is 39.6 Å². The highest BCUT2D eigenvalue weighted by molar-refractivity contribution is 7.47. The van der Waals surface area contributed by atoms with Crippen molar-refractivity contribution in [3.63, 3.8) is 0 Å². The van der Waals surface area contributed by atoms with Crippen molar-refractivity contribution >= 4 is 39.5 Å². The van der Waals surface area contributed by atoms with E-state index in [0.717, 1.165) is 108 Å². The van der Waals surface area contributed by atoms with Gasteiger partial charge in [0.2, 0.25) is 0 Å². The molecule has 17 nitrogen and oxygen atoms in total. The number of aliphatic hydroxyl groups is 1. The molecule has 570 valence electrons. The number of ether oxygens (including phenoxy) is 4. The lowest BCUT2D eigenvalue weighted by Crippen LogP contribution is -2.30. The Morgan fingerprint density at radius 2 is 0.500 bits per heavy atom. The van der Waals surface area contributed by atoms with Crippen LogP contribution in [0.5, 0.6) is 0 Å². The van der Waals surface area contributed by atoms with E-state index in [4.69, 9.17) is 37.0 Å². The highest BCUT2D eigenvalue weighted by atomic mass is 31.2. The van der Waals surface area contributed by atoms with Gasteiger partial charge in [0.25, 0.3) is 0 Å². The molecule has 0 aromatic heterocycles. The molecule has 0 aliphatic rings. The largest absolute Gasteiger partial charge is 0.472 e. The molecule has 0 saturated carbocycles. The van der Waals surface area contributed by atoms with Crippen LogP contribution in [0.15, 0.2) is 0 Å². The Labute approximate surface area is 588 Å². The third kappa shape index (κ3) is 67.9. The van der Waals surface area contributed by atoms with Crippen LogP contribution in [0.3, 0.4) is 0 Å². The van der Waals surface area contributed by atoms with Gasteiger partial charge in [0.1, 0.15) is 19.3 Å². The molecule has 0 aromatic rings. The molecule has 0 radical (unpaired) electrons. The zero-order valence-corrected chi connectivity index (χ0v) is 64.5. The molecular weight excluding hydrogens is 1260 g/mol. The van der Waals surface area contributed by atoms with E-state index in [9.17, 15) is 43.2 Å². The van der Waals surface area contributed by atoms with E-state index in [1.165, 1.54) is 212 Å². The van der Waals surface area contributed by atoms with Gasteiger partial charge < -0.3 is 33.8 Å². The molecule has 19 heteroatoms. The Morgan fingerprint density at radius 3 is 0.740 bits per heavy atom. The minimum absolute atomic E-state index is 0.106. The summed E-state index contributed by atoms with van der Waals surface area (Å²) in [6, 6.07) is 0. The van der Waals surface area contributed by atoms with Crippen molar-refractivity contribution in [1.29, 1.82) is 0 Å².